The van der Waals surface area contributed by atoms with Gasteiger partial charge in [-0.05, 0) is 36.4 Å². The standard InChI is InChI=1S/C30H16Cl2N2O3/c31-16-12-13-20(23(32)14-16)26-15-22(17-6-3-4-10-24(17)33-26)30(37)34-25-11-5-9-21-27(25)29(36)19-8-2-1-7-18(19)28(21)35/h1-15H,(H,34,37). The third-order valence-corrected chi connectivity index (χ3v) is 6.92. The quantitative estimate of drug-likeness (QED) is 0.265. The smallest absolute Gasteiger partial charge is 0.256 e. The van der Waals surface area contributed by atoms with E-state index < -0.39 is 5.91 Å². The van der Waals surface area contributed by atoms with Gasteiger partial charge in [-0.25, -0.2) is 4.98 Å². The first-order valence-corrected chi connectivity index (χ1v) is 12.2. The lowest BCUT2D eigenvalue weighted by atomic mass is 9.83. The number of ketones is 2. The molecular weight excluding hydrogens is 507 g/mol. The second-order valence-corrected chi connectivity index (χ2v) is 9.43. The zero-order chi connectivity index (χ0) is 25.7. The van der Waals surface area contributed by atoms with Crippen molar-refractivity contribution < 1.29 is 14.4 Å². The van der Waals surface area contributed by atoms with Crippen LogP contribution in [0.2, 0.25) is 10.0 Å². The Kier molecular flexibility index (Phi) is 5.60. The average Bonchev–Trinajstić information content (AvgIpc) is 2.91. The third-order valence-electron chi connectivity index (χ3n) is 6.37. The maximum Gasteiger partial charge on any atom is 0.256 e. The van der Waals surface area contributed by atoms with Gasteiger partial charge < -0.3 is 5.32 Å². The molecule has 0 saturated carbocycles. The van der Waals surface area contributed by atoms with Crippen molar-refractivity contribution in [1.82, 2.24) is 4.98 Å². The molecule has 0 radical (unpaired) electrons. The van der Waals surface area contributed by atoms with Gasteiger partial charge in [0.15, 0.2) is 11.6 Å². The molecule has 37 heavy (non-hydrogen) atoms. The Hall–Kier alpha value is -4.32. The number of hydrogen-bond donors (Lipinski definition) is 1. The van der Waals surface area contributed by atoms with Gasteiger partial charge >= 0.3 is 0 Å². The van der Waals surface area contributed by atoms with Gasteiger partial charge in [0.05, 0.1) is 33.0 Å². The van der Waals surface area contributed by atoms with Gasteiger partial charge in [0.1, 0.15) is 0 Å². The van der Waals surface area contributed by atoms with Crippen LogP contribution < -0.4 is 5.32 Å². The highest BCUT2D eigenvalue weighted by atomic mass is 35.5. The largest absolute Gasteiger partial charge is 0.321 e. The number of rotatable bonds is 3. The molecule has 1 N–H and O–H groups in total. The van der Waals surface area contributed by atoms with Crippen LogP contribution in [0, 0.1) is 0 Å². The summed E-state index contributed by atoms with van der Waals surface area (Å²) < 4.78 is 0. The fourth-order valence-electron chi connectivity index (χ4n) is 4.64. The molecule has 5 aromatic rings. The molecule has 1 heterocycles. The minimum atomic E-state index is -0.447. The monoisotopic (exact) mass is 522 g/mol. The Bertz CT molecular complexity index is 1800. The van der Waals surface area contributed by atoms with Crippen LogP contribution in [0.5, 0.6) is 0 Å². The first-order chi connectivity index (χ1) is 17.9. The topological polar surface area (TPSA) is 76.1 Å². The summed E-state index contributed by atoms with van der Waals surface area (Å²) in [6.07, 6.45) is 0. The molecule has 1 aliphatic carbocycles. The van der Waals surface area contributed by atoms with Crippen LogP contribution in [-0.4, -0.2) is 22.5 Å². The van der Waals surface area contributed by atoms with Crippen molar-refractivity contribution >= 4 is 57.3 Å². The van der Waals surface area contributed by atoms with Gasteiger partial charge in [-0.15, -0.1) is 0 Å². The van der Waals surface area contributed by atoms with E-state index in [-0.39, 0.29) is 28.4 Å². The highest BCUT2D eigenvalue weighted by molar-refractivity contribution is 6.36. The summed E-state index contributed by atoms with van der Waals surface area (Å²) in [5.74, 6) is -1.01. The molecule has 0 spiro atoms. The molecule has 0 aliphatic heterocycles. The molecule has 0 atom stereocenters. The zero-order valence-electron chi connectivity index (χ0n) is 19.1. The van der Waals surface area contributed by atoms with E-state index in [9.17, 15) is 14.4 Å². The highest BCUT2D eigenvalue weighted by Crippen LogP contribution is 2.34. The van der Waals surface area contributed by atoms with Crippen LogP contribution in [0.15, 0.2) is 91.0 Å². The number of anilines is 1. The summed E-state index contributed by atoms with van der Waals surface area (Å²) in [5.41, 5.74) is 3.45. The van der Waals surface area contributed by atoms with E-state index in [2.05, 4.69) is 5.32 Å². The van der Waals surface area contributed by atoms with E-state index in [0.29, 0.717) is 48.9 Å². The SMILES string of the molecule is O=C1c2ccccc2C(=O)c2c(NC(=O)c3cc(-c4ccc(Cl)cc4Cl)nc4ccccc34)cccc21. The van der Waals surface area contributed by atoms with Crippen molar-refractivity contribution in [2.75, 3.05) is 5.32 Å². The second-order valence-electron chi connectivity index (χ2n) is 8.58. The maximum atomic E-state index is 13.7. The predicted octanol–water partition coefficient (Wildman–Crippen LogP) is 7.24. The van der Waals surface area contributed by atoms with E-state index in [4.69, 9.17) is 28.2 Å². The Morgan fingerprint density at radius 1 is 0.703 bits per heavy atom. The van der Waals surface area contributed by atoms with Gasteiger partial charge in [-0.2, -0.15) is 0 Å². The highest BCUT2D eigenvalue weighted by Gasteiger charge is 2.32. The van der Waals surface area contributed by atoms with Crippen molar-refractivity contribution in [3.63, 3.8) is 0 Å². The summed E-state index contributed by atoms with van der Waals surface area (Å²) >= 11 is 12.5. The average molecular weight is 523 g/mol. The number of hydrogen-bond acceptors (Lipinski definition) is 4. The Balaban J connectivity index is 1.46. The molecule has 1 aliphatic rings. The van der Waals surface area contributed by atoms with Crippen molar-refractivity contribution in [3.8, 4) is 11.3 Å². The van der Waals surface area contributed by atoms with Crippen molar-refractivity contribution in [1.29, 1.82) is 0 Å². The van der Waals surface area contributed by atoms with Crippen LogP contribution in [0.25, 0.3) is 22.2 Å². The molecule has 6 rings (SSSR count). The van der Waals surface area contributed by atoms with Crippen molar-refractivity contribution in [2.45, 2.75) is 0 Å². The maximum absolute atomic E-state index is 13.7. The summed E-state index contributed by atoms with van der Waals surface area (Å²) in [5, 5.41) is 4.39. The minimum absolute atomic E-state index is 0.180. The van der Waals surface area contributed by atoms with Crippen molar-refractivity contribution in [2.24, 2.45) is 0 Å². The first kappa shape index (κ1) is 23.1. The summed E-state index contributed by atoms with van der Waals surface area (Å²) in [6, 6.07) is 25.5. The molecule has 4 aromatic carbocycles. The van der Waals surface area contributed by atoms with E-state index >= 15 is 0 Å². The van der Waals surface area contributed by atoms with E-state index in [1.165, 1.54) is 0 Å². The zero-order valence-corrected chi connectivity index (χ0v) is 20.6. The molecule has 0 unspecified atom stereocenters. The van der Waals surface area contributed by atoms with Gasteiger partial charge in [0, 0.05) is 32.7 Å². The normalized spacial score (nSPS) is 12.3. The fourth-order valence-corrected chi connectivity index (χ4v) is 5.14. The number of nitrogens with one attached hydrogen (secondary N) is 1. The molecule has 0 bridgehead atoms. The summed E-state index contributed by atoms with van der Waals surface area (Å²) in [6.45, 7) is 0. The lowest BCUT2D eigenvalue weighted by molar-refractivity contribution is 0.0978. The van der Waals surface area contributed by atoms with Crippen LogP contribution in [-0.2, 0) is 0 Å². The molecular formula is C30H16Cl2N2O3. The number of amides is 1. The number of halogens is 2. The summed E-state index contributed by atoms with van der Waals surface area (Å²) in [7, 11) is 0. The molecule has 5 nitrogen and oxygen atoms in total. The summed E-state index contributed by atoms with van der Waals surface area (Å²) in [4.78, 5) is 44.8. The van der Waals surface area contributed by atoms with Gasteiger partial charge in [-0.3, -0.25) is 14.4 Å². The number of fused-ring (bicyclic) bond motifs is 3. The first-order valence-electron chi connectivity index (χ1n) is 11.4. The number of nitrogens with zero attached hydrogens (tertiary/aromatic N) is 1. The number of carbonyl (C=O) groups is 3. The lowest BCUT2D eigenvalue weighted by Crippen LogP contribution is -2.24. The number of benzene rings is 4. The molecule has 0 fully saturated rings. The number of para-hydroxylation sites is 1. The molecule has 1 amide bonds. The second kappa shape index (κ2) is 8.96. The molecule has 1 aromatic heterocycles. The molecule has 178 valence electrons. The Labute approximate surface area is 221 Å². The van der Waals surface area contributed by atoms with Crippen LogP contribution in [0.4, 0.5) is 5.69 Å². The van der Waals surface area contributed by atoms with Crippen LogP contribution in [0.3, 0.4) is 0 Å². The van der Waals surface area contributed by atoms with Crippen LogP contribution in [0.1, 0.15) is 42.2 Å². The number of aromatic nitrogens is 1. The Morgan fingerprint density at radius 3 is 2.19 bits per heavy atom. The van der Waals surface area contributed by atoms with E-state index in [1.54, 1.807) is 72.8 Å². The Morgan fingerprint density at radius 2 is 1.41 bits per heavy atom. The molecule has 0 saturated heterocycles. The van der Waals surface area contributed by atoms with E-state index in [1.807, 2.05) is 18.2 Å². The van der Waals surface area contributed by atoms with Gasteiger partial charge in [0.2, 0.25) is 0 Å². The number of pyridine rings is 1. The van der Waals surface area contributed by atoms with Crippen LogP contribution >= 0.6 is 23.2 Å². The minimum Gasteiger partial charge on any atom is -0.321 e. The van der Waals surface area contributed by atoms with E-state index in [0.717, 1.165) is 0 Å². The van der Waals surface area contributed by atoms with Gasteiger partial charge in [-0.1, -0.05) is 77.8 Å². The fraction of sp³-hybridized carbons (Fsp3) is 0. The predicted molar refractivity (Wildman–Crippen MR) is 145 cm³/mol. The third kappa shape index (κ3) is 3.89. The lowest BCUT2D eigenvalue weighted by Gasteiger charge is -2.20. The molecule has 7 heteroatoms. The van der Waals surface area contributed by atoms with Gasteiger partial charge in [0.25, 0.3) is 5.91 Å². The number of carbonyl (C=O) groups excluding carboxylic acids is 3. The van der Waals surface area contributed by atoms with Crippen molar-refractivity contribution in [3.05, 3.63) is 129 Å².